The highest BCUT2D eigenvalue weighted by Gasteiger charge is 2.13. The van der Waals surface area contributed by atoms with Crippen molar-refractivity contribution in [1.29, 1.82) is 0 Å². The van der Waals surface area contributed by atoms with Crippen LogP contribution in [0.15, 0.2) is 11.0 Å². The summed E-state index contributed by atoms with van der Waals surface area (Å²) in [6.07, 6.45) is 2.40. The van der Waals surface area contributed by atoms with Gasteiger partial charge in [-0.05, 0) is 16.7 Å². The van der Waals surface area contributed by atoms with Crippen molar-refractivity contribution >= 4 is 11.8 Å². The molecule has 1 heteroatoms. The minimum Gasteiger partial charge on any atom is -0.130 e. The molecule has 9 heavy (non-hydrogen) atoms. The summed E-state index contributed by atoms with van der Waals surface area (Å²) in [5.74, 6) is 2.86. The Hall–Kier alpha value is 0.0900. The highest BCUT2D eigenvalue weighted by Crippen LogP contribution is 2.33. The van der Waals surface area contributed by atoms with Crippen molar-refractivity contribution in [2.75, 3.05) is 5.75 Å². The maximum Gasteiger partial charge on any atom is 0.00376 e. The average molecular weight is 142 g/mol. The van der Waals surface area contributed by atoms with Gasteiger partial charge in [0.25, 0.3) is 0 Å². The highest BCUT2D eigenvalue weighted by atomic mass is 32.2. The van der Waals surface area contributed by atoms with Gasteiger partial charge in [-0.15, -0.1) is 11.8 Å². The third-order valence-corrected chi connectivity index (χ3v) is 3.16. The van der Waals surface area contributed by atoms with E-state index in [1.54, 1.807) is 4.91 Å². The van der Waals surface area contributed by atoms with Gasteiger partial charge >= 0.3 is 0 Å². The van der Waals surface area contributed by atoms with Crippen molar-refractivity contribution in [1.82, 2.24) is 0 Å². The summed E-state index contributed by atoms with van der Waals surface area (Å²) in [6, 6.07) is 0. The monoisotopic (exact) mass is 142 g/mol. The quantitative estimate of drug-likeness (QED) is 0.542. The summed E-state index contributed by atoms with van der Waals surface area (Å²) in [6.45, 7) is 6.80. The van der Waals surface area contributed by atoms with Crippen LogP contribution in [-0.4, -0.2) is 5.75 Å². The zero-order valence-electron chi connectivity index (χ0n) is 6.35. The van der Waals surface area contributed by atoms with E-state index in [-0.39, 0.29) is 0 Å². The van der Waals surface area contributed by atoms with E-state index in [9.17, 15) is 0 Å². The SMILES string of the molecule is CC1C=C(C(C)C)SC1. The van der Waals surface area contributed by atoms with Gasteiger partial charge in [0.15, 0.2) is 0 Å². The van der Waals surface area contributed by atoms with E-state index in [0.717, 1.165) is 11.8 Å². The molecule has 0 N–H and O–H groups in total. The van der Waals surface area contributed by atoms with E-state index < -0.39 is 0 Å². The Morgan fingerprint density at radius 2 is 2.33 bits per heavy atom. The number of rotatable bonds is 1. The molecule has 0 aromatic rings. The summed E-state index contributed by atoms with van der Waals surface area (Å²) in [5.41, 5.74) is 0. The summed E-state index contributed by atoms with van der Waals surface area (Å²) >= 11 is 2.02. The second-order valence-corrected chi connectivity index (χ2v) is 4.11. The molecule has 1 aliphatic rings. The van der Waals surface area contributed by atoms with Gasteiger partial charge in [0.1, 0.15) is 0 Å². The van der Waals surface area contributed by atoms with Crippen molar-refractivity contribution < 1.29 is 0 Å². The van der Waals surface area contributed by atoms with Crippen LogP contribution in [0.3, 0.4) is 0 Å². The van der Waals surface area contributed by atoms with E-state index in [1.165, 1.54) is 5.75 Å². The lowest BCUT2D eigenvalue weighted by molar-refractivity contribution is 0.795. The lowest BCUT2D eigenvalue weighted by Gasteiger charge is -2.01. The molecule has 1 rings (SSSR count). The second-order valence-electron chi connectivity index (χ2n) is 3.01. The first-order valence-electron chi connectivity index (χ1n) is 3.54. The standard InChI is InChI=1S/C8H14S/c1-6(2)8-4-7(3)5-9-8/h4,6-7H,5H2,1-3H3. The minimum atomic E-state index is 0.750. The van der Waals surface area contributed by atoms with E-state index >= 15 is 0 Å². The first-order chi connectivity index (χ1) is 4.20. The molecule has 1 unspecified atom stereocenters. The molecule has 0 aromatic heterocycles. The average Bonchev–Trinajstić information content (AvgIpc) is 2.14. The third-order valence-electron chi connectivity index (χ3n) is 1.53. The maximum atomic E-state index is 2.40. The first-order valence-corrected chi connectivity index (χ1v) is 4.53. The fourth-order valence-corrected chi connectivity index (χ4v) is 2.18. The molecule has 1 atom stereocenters. The van der Waals surface area contributed by atoms with Crippen molar-refractivity contribution in [3.8, 4) is 0 Å². The van der Waals surface area contributed by atoms with E-state index in [4.69, 9.17) is 0 Å². The molecule has 0 saturated carbocycles. The zero-order valence-corrected chi connectivity index (χ0v) is 7.16. The van der Waals surface area contributed by atoms with Crippen molar-refractivity contribution in [3.63, 3.8) is 0 Å². The fraction of sp³-hybridized carbons (Fsp3) is 0.750. The van der Waals surface area contributed by atoms with Crippen LogP contribution in [0.5, 0.6) is 0 Å². The number of hydrogen-bond donors (Lipinski definition) is 0. The Balaban J connectivity index is 2.52. The summed E-state index contributed by atoms with van der Waals surface area (Å²) < 4.78 is 0. The highest BCUT2D eigenvalue weighted by molar-refractivity contribution is 8.03. The minimum absolute atomic E-state index is 0.750. The maximum absolute atomic E-state index is 2.40. The molecule has 0 aromatic carbocycles. The Morgan fingerprint density at radius 1 is 1.67 bits per heavy atom. The first kappa shape index (κ1) is 7.20. The van der Waals surface area contributed by atoms with Gasteiger partial charge in [-0.3, -0.25) is 0 Å². The normalized spacial score (nSPS) is 27.1. The van der Waals surface area contributed by atoms with E-state index in [1.807, 2.05) is 11.8 Å². The Kier molecular flexibility index (Phi) is 2.23. The van der Waals surface area contributed by atoms with Crippen LogP contribution in [-0.2, 0) is 0 Å². The van der Waals surface area contributed by atoms with Crippen LogP contribution in [0.25, 0.3) is 0 Å². The predicted molar refractivity (Wildman–Crippen MR) is 44.5 cm³/mol. The number of allylic oxidation sites excluding steroid dienone is 2. The van der Waals surface area contributed by atoms with Gasteiger partial charge in [0.05, 0.1) is 0 Å². The van der Waals surface area contributed by atoms with Gasteiger partial charge in [-0.2, -0.15) is 0 Å². The lowest BCUT2D eigenvalue weighted by atomic mass is 10.1. The van der Waals surface area contributed by atoms with Crippen LogP contribution in [0.2, 0.25) is 0 Å². The molecule has 0 spiro atoms. The smallest absolute Gasteiger partial charge is 0.00376 e. The molecule has 0 amide bonds. The van der Waals surface area contributed by atoms with Crippen molar-refractivity contribution in [3.05, 3.63) is 11.0 Å². The molecule has 0 bridgehead atoms. The fourth-order valence-electron chi connectivity index (χ4n) is 0.963. The third kappa shape index (κ3) is 1.75. The predicted octanol–water partition coefficient (Wildman–Crippen LogP) is 2.91. The number of hydrogen-bond acceptors (Lipinski definition) is 1. The Morgan fingerprint density at radius 3 is 2.56 bits per heavy atom. The molecular weight excluding hydrogens is 128 g/mol. The summed E-state index contributed by atoms with van der Waals surface area (Å²) in [4.78, 5) is 1.59. The molecule has 0 radical (unpaired) electrons. The molecule has 0 saturated heterocycles. The topological polar surface area (TPSA) is 0 Å². The van der Waals surface area contributed by atoms with Gasteiger partial charge in [0, 0.05) is 5.75 Å². The largest absolute Gasteiger partial charge is 0.130 e. The summed E-state index contributed by atoms with van der Waals surface area (Å²) in [7, 11) is 0. The van der Waals surface area contributed by atoms with Gasteiger partial charge in [-0.25, -0.2) is 0 Å². The molecule has 0 nitrogen and oxygen atoms in total. The van der Waals surface area contributed by atoms with E-state index in [2.05, 4.69) is 26.8 Å². The second kappa shape index (κ2) is 2.78. The Labute approximate surface area is 61.7 Å². The van der Waals surface area contributed by atoms with Crippen molar-refractivity contribution in [2.24, 2.45) is 11.8 Å². The lowest BCUT2D eigenvalue weighted by Crippen LogP contribution is -1.84. The van der Waals surface area contributed by atoms with Crippen LogP contribution in [0.4, 0.5) is 0 Å². The molecule has 52 valence electrons. The van der Waals surface area contributed by atoms with Gasteiger partial charge in [-0.1, -0.05) is 26.8 Å². The molecule has 0 aliphatic carbocycles. The molecular formula is C8H14S. The molecule has 1 aliphatic heterocycles. The van der Waals surface area contributed by atoms with Crippen LogP contribution in [0, 0.1) is 11.8 Å². The zero-order chi connectivity index (χ0) is 6.85. The van der Waals surface area contributed by atoms with Crippen LogP contribution in [0.1, 0.15) is 20.8 Å². The molecule has 1 heterocycles. The van der Waals surface area contributed by atoms with Crippen molar-refractivity contribution in [2.45, 2.75) is 20.8 Å². The molecule has 0 fully saturated rings. The summed E-state index contributed by atoms with van der Waals surface area (Å²) in [5, 5.41) is 0. The van der Waals surface area contributed by atoms with Gasteiger partial charge in [0.2, 0.25) is 0 Å². The van der Waals surface area contributed by atoms with Crippen LogP contribution >= 0.6 is 11.8 Å². The van der Waals surface area contributed by atoms with Crippen LogP contribution < -0.4 is 0 Å². The Bertz CT molecular complexity index is 125. The number of thioether (sulfide) groups is 1. The van der Waals surface area contributed by atoms with E-state index in [0.29, 0.717) is 0 Å². The van der Waals surface area contributed by atoms with Gasteiger partial charge < -0.3 is 0 Å².